The predicted octanol–water partition coefficient (Wildman–Crippen LogP) is 7.04. The van der Waals surface area contributed by atoms with Crippen molar-refractivity contribution in [3.63, 3.8) is 0 Å². The van der Waals surface area contributed by atoms with E-state index in [2.05, 4.69) is 25.2 Å². The Hall–Kier alpha value is -1.50. The second kappa shape index (κ2) is 11.1. The third kappa shape index (κ3) is 6.55. The average Bonchev–Trinajstić information content (AvgIpc) is 2.65. The lowest BCUT2D eigenvalue weighted by molar-refractivity contribution is 0.326. The highest BCUT2D eigenvalue weighted by atomic mass is 16.3. The Balaban J connectivity index is 0.000000249. The smallest absolute Gasteiger partial charge is 0.115 e. The fourth-order valence-corrected chi connectivity index (χ4v) is 4.11. The van der Waals surface area contributed by atoms with Gasteiger partial charge in [0.1, 0.15) is 5.75 Å². The highest BCUT2D eigenvalue weighted by Crippen LogP contribution is 2.39. The molecule has 24 heavy (non-hydrogen) atoms. The minimum atomic E-state index is 0.322. The number of phenols is 1. The molecule has 1 aromatic rings. The van der Waals surface area contributed by atoms with Crippen LogP contribution in [0.3, 0.4) is 0 Å². The summed E-state index contributed by atoms with van der Waals surface area (Å²) >= 11 is 0. The minimum absolute atomic E-state index is 0.322. The molecule has 0 unspecified atom stereocenters. The molecule has 132 valence electrons. The molecular formula is C23H34O. The van der Waals surface area contributed by atoms with Crippen molar-refractivity contribution in [2.24, 2.45) is 11.8 Å². The second-order valence-electron chi connectivity index (χ2n) is 7.20. The van der Waals surface area contributed by atoms with E-state index in [9.17, 15) is 0 Å². The molecule has 0 spiro atoms. The maximum absolute atomic E-state index is 8.63. The van der Waals surface area contributed by atoms with Crippen LogP contribution in [0.1, 0.15) is 71.1 Å². The van der Waals surface area contributed by atoms with Gasteiger partial charge in [0.05, 0.1) is 0 Å². The number of benzene rings is 1. The van der Waals surface area contributed by atoms with E-state index < -0.39 is 0 Å². The summed E-state index contributed by atoms with van der Waals surface area (Å²) in [5.41, 5.74) is 1.81. The van der Waals surface area contributed by atoms with Gasteiger partial charge in [0.25, 0.3) is 0 Å². The normalized spacial score (nSPS) is 19.5. The van der Waals surface area contributed by atoms with E-state index in [0.717, 1.165) is 11.8 Å². The molecule has 0 aliphatic heterocycles. The van der Waals surface area contributed by atoms with E-state index >= 15 is 0 Å². The summed E-state index contributed by atoms with van der Waals surface area (Å²) in [6.45, 7) is 2.13. The number of hydrogen-bond donors (Lipinski definition) is 1. The molecule has 0 radical (unpaired) electrons. The molecule has 2 aliphatic rings. The molecule has 0 saturated heterocycles. The molecule has 2 fully saturated rings. The van der Waals surface area contributed by atoms with E-state index in [1.54, 1.807) is 24.3 Å². The van der Waals surface area contributed by atoms with Crippen molar-refractivity contribution >= 4 is 0 Å². The zero-order chi connectivity index (χ0) is 17.0. The zero-order valence-corrected chi connectivity index (χ0v) is 15.3. The number of allylic oxidation sites excluding steroid dienone is 4. The van der Waals surface area contributed by atoms with Crippen LogP contribution >= 0.6 is 0 Å². The summed E-state index contributed by atoms with van der Waals surface area (Å²) in [7, 11) is 0. The maximum atomic E-state index is 8.63. The van der Waals surface area contributed by atoms with Crippen molar-refractivity contribution < 1.29 is 5.11 Å². The highest BCUT2D eigenvalue weighted by molar-refractivity contribution is 5.19. The molecule has 0 amide bonds. The monoisotopic (exact) mass is 326 g/mol. The Morgan fingerprint density at radius 2 is 1.33 bits per heavy atom. The van der Waals surface area contributed by atoms with E-state index in [-0.39, 0.29) is 0 Å². The van der Waals surface area contributed by atoms with Gasteiger partial charge < -0.3 is 5.11 Å². The van der Waals surface area contributed by atoms with Crippen molar-refractivity contribution in [3.05, 3.63) is 54.1 Å². The van der Waals surface area contributed by atoms with Gasteiger partial charge in [-0.1, -0.05) is 80.5 Å². The fourth-order valence-electron chi connectivity index (χ4n) is 4.11. The molecule has 1 heteroatoms. The molecule has 0 atom stereocenters. The summed E-state index contributed by atoms with van der Waals surface area (Å²) in [5.74, 6) is 2.16. The van der Waals surface area contributed by atoms with Gasteiger partial charge in [0.15, 0.2) is 0 Å². The largest absolute Gasteiger partial charge is 0.508 e. The molecule has 3 rings (SSSR count). The van der Waals surface area contributed by atoms with Crippen LogP contribution in [0.5, 0.6) is 5.75 Å². The summed E-state index contributed by atoms with van der Waals surface area (Å²) in [6, 6.07) is 8.71. The van der Waals surface area contributed by atoms with Crippen LogP contribution in [0, 0.1) is 11.8 Å². The third-order valence-corrected chi connectivity index (χ3v) is 5.39. The Labute approximate surface area is 148 Å². The van der Waals surface area contributed by atoms with Crippen LogP contribution in [-0.2, 0) is 0 Å². The van der Waals surface area contributed by atoms with Crippen molar-refractivity contribution in [1.82, 2.24) is 0 Å². The standard InChI is InChI=1S/C17H28.C6H6O/c1-2-3-14-17(15-10-6-4-7-11-15)16-12-8-5-9-13-16;7-6-4-2-1-3-5-6/h2-3,14-16H,4-13H2,1H3;1-5,7H. The van der Waals surface area contributed by atoms with Crippen LogP contribution in [0.2, 0.25) is 0 Å². The molecule has 1 nitrogen and oxygen atoms in total. The summed E-state index contributed by atoms with van der Waals surface area (Å²) in [6.07, 6.45) is 21.6. The molecule has 0 bridgehead atoms. The molecular weight excluding hydrogens is 292 g/mol. The third-order valence-electron chi connectivity index (χ3n) is 5.39. The molecule has 0 aromatic heterocycles. The Morgan fingerprint density at radius 3 is 1.71 bits per heavy atom. The van der Waals surface area contributed by atoms with Crippen molar-refractivity contribution in [1.29, 1.82) is 0 Å². The Kier molecular flexibility index (Phi) is 8.73. The van der Waals surface area contributed by atoms with Crippen molar-refractivity contribution in [2.45, 2.75) is 71.1 Å². The fraction of sp³-hybridized carbons (Fsp3) is 0.565. The number of para-hydroxylation sites is 1. The first-order chi connectivity index (χ1) is 11.8. The summed E-state index contributed by atoms with van der Waals surface area (Å²) < 4.78 is 0. The Morgan fingerprint density at radius 1 is 0.833 bits per heavy atom. The first kappa shape index (κ1) is 18.8. The van der Waals surface area contributed by atoms with Crippen LogP contribution in [-0.4, -0.2) is 5.11 Å². The summed E-state index contributed by atoms with van der Waals surface area (Å²) in [4.78, 5) is 0. The average molecular weight is 327 g/mol. The second-order valence-corrected chi connectivity index (χ2v) is 7.20. The quantitative estimate of drug-likeness (QED) is 0.590. The predicted molar refractivity (Wildman–Crippen MR) is 104 cm³/mol. The van der Waals surface area contributed by atoms with E-state index in [0.29, 0.717) is 5.75 Å². The maximum Gasteiger partial charge on any atom is 0.115 e. The first-order valence-corrected chi connectivity index (χ1v) is 9.88. The van der Waals surface area contributed by atoms with Crippen LogP contribution in [0.15, 0.2) is 54.1 Å². The van der Waals surface area contributed by atoms with Gasteiger partial charge in [-0.2, -0.15) is 0 Å². The lowest BCUT2D eigenvalue weighted by atomic mass is 9.73. The number of rotatable bonds is 3. The van der Waals surface area contributed by atoms with E-state index in [4.69, 9.17) is 5.11 Å². The topological polar surface area (TPSA) is 20.2 Å². The number of aromatic hydroxyl groups is 1. The van der Waals surface area contributed by atoms with Gasteiger partial charge in [0, 0.05) is 0 Å². The van der Waals surface area contributed by atoms with Gasteiger partial charge in [-0.25, -0.2) is 0 Å². The molecule has 1 N–H and O–H groups in total. The van der Waals surface area contributed by atoms with Gasteiger partial charge in [-0.05, 0) is 56.6 Å². The lowest BCUT2D eigenvalue weighted by Crippen LogP contribution is -2.18. The van der Waals surface area contributed by atoms with Gasteiger partial charge in [-0.3, -0.25) is 0 Å². The number of hydrogen-bond acceptors (Lipinski definition) is 1. The molecule has 2 saturated carbocycles. The van der Waals surface area contributed by atoms with Crippen molar-refractivity contribution in [2.75, 3.05) is 0 Å². The minimum Gasteiger partial charge on any atom is -0.508 e. The van der Waals surface area contributed by atoms with Crippen LogP contribution in [0.4, 0.5) is 0 Å². The first-order valence-electron chi connectivity index (χ1n) is 9.88. The summed E-state index contributed by atoms with van der Waals surface area (Å²) in [5, 5.41) is 8.63. The molecule has 1 aromatic carbocycles. The van der Waals surface area contributed by atoms with E-state index in [1.165, 1.54) is 64.2 Å². The van der Waals surface area contributed by atoms with E-state index in [1.807, 2.05) is 11.6 Å². The van der Waals surface area contributed by atoms with Crippen LogP contribution in [0.25, 0.3) is 0 Å². The highest BCUT2D eigenvalue weighted by Gasteiger charge is 2.25. The van der Waals surface area contributed by atoms with Gasteiger partial charge >= 0.3 is 0 Å². The van der Waals surface area contributed by atoms with Gasteiger partial charge in [-0.15, -0.1) is 0 Å². The Bertz CT molecular complexity index is 468. The van der Waals surface area contributed by atoms with Crippen molar-refractivity contribution in [3.8, 4) is 5.75 Å². The lowest BCUT2D eigenvalue weighted by Gasteiger charge is -2.32. The zero-order valence-electron chi connectivity index (χ0n) is 15.3. The van der Waals surface area contributed by atoms with Gasteiger partial charge in [0.2, 0.25) is 0 Å². The number of phenolic OH excluding ortho intramolecular Hbond substituents is 1. The van der Waals surface area contributed by atoms with Crippen LogP contribution < -0.4 is 0 Å². The molecule has 2 aliphatic carbocycles. The molecule has 0 heterocycles. The SMILES string of the molecule is CC=CC=C(C1CCCCC1)C1CCCCC1.Oc1ccccc1.